The molecule has 0 aromatic heterocycles. The number of likely N-dealkylation sites (tertiary alicyclic amines) is 1. The standard InChI is InChI=1S/C12H25N3S/c1-4-15-7-5-11(6-8-15)14-12(16)13-9-10(2)3/h10-11H,4-9H2,1-3H3,(H2,13,14,16). The number of hydrogen-bond donors (Lipinski definition) is 2. The number of piperidine rings is 1. The summed E-state index contributed by atoms with van der Waals surface area (Å²) >= 11 is 5.28. The Morgan fingerprint density at radius 1 is 1.38 bits per heavy atom. The molecule has 1 fully saturated rings. The maximum absolute atomic E-state index is 5.28. The fraction of sp³-hybridized carbons (Fsp3) is 0.917. The molecule has 0 saturated carbocycles. The highest BCUT2D eigenvalue weighted by atomic mass is 32.1. The second-order valence-electron chi connectivity index (χ2n) is 4.96. The number of hydrogen-bond acceptors (Lipinski definition) is 2. The summed E-state index contributed by atoms with van der Waals surface area (Å²) in [5, 5.41) is 7.50. The molecule has 0 atom stereocenters. The van der Waals surface area contributed by atoms with Crippen LogP contribution < -0.4 is 10.6 Å². The van der Waals surface area contributed by atoms with Crippen molar-refractivity contribution in [1.82, 2.24) is 15.5 Å². The average molecular weight is 243 g/mol. The lowest BCUT2D eigenvalue weighted by Crippen LogP contribution is -2.48. The van der Waals surface area contributed by atoms with E-state index in [4.69, 9.17) is 12.2 Å². The third kappa shape index (κ3) is 5.12. The van der Waals surface area contributed by atoms with E-state index in [1.54, 1.807) is 0 Å². The van der Waals surface area contributed by atoms with Crippen LogP contribution in [0.3, 0.4) is 0 Å². The molecule has 0 aromatic rings. The molecule has 0 spiro atoms. The Balaban J connectivity index is 2.15. The van der Waals surface area contributed by atoms with Crippen molar-refractivity contribution >= 4 is 17.3 Å². The Morgan fingerprint density at radius 3 is 2.50 bits per heavy atom. The van der Waals surface area contributed by atoms with E-state index in [1.165, 1.54) is 32.5 Å². The lowest BCUT2D eigenvalue weighted by molar-refractivity contribution is 0.215. The summed E-state index contributed by atoms with van der Waals surface area (Å²) in [5.41, 5.74) is 0. The molecule has 0 aromatic carbocycles. The van der Waals surface area contributed by atoms with Crippen LogP contribution in [0.4, 0.5) is 0 Å². The molecule has 16 heavy (non-hydrogen) atoms. The van der Waals surface area contributed by atoms with Gasteiger partial charge in [-0.05, 0) is 37.5 Å². The maximum atomic E-state index is 5.28. The second kappa shape index (κ2) is 7.07. The van der Waals surface area contributed by atoms with Gasteiger partial charge in [0.25, 0.3) is 0 Å². The minimum atomic E-state index is 0.565. The fourth-order valence-corrected chi connectivity index (χ4v) is 2.18. The largest absolute Gasteiger partial charge is 0.362 e. The molecule has 0 radical (unpaired) electrons. The fourth-order valence-electron chi connectivity index (χ4n) is 1.93. The number of nitrogens with zero attached hydrogens (tertiary/aromatic N) is 1. The van der Waals surface area contributed by atoms with Gasteiger partial charge in [0.05, 0.1) is 0 Å². The van der Waals surface area contributed by atoms with Gasteiger partial charge in [-0.25, -0.2) is 0 Å². The molecule has 0 unspecified atom stereocenters. The normalized spacial score (nSPS) is 18.8. The van der Waals surface area contributed by atoms with Crippen LogP contribution in [-0.2, 0) is 0 Å². The van der Waals surface area contributed by atoms with E-state index in [1.807, 2.05) is 0 Å². The molecular formula is C12H25N3S. The summed E-state index contributed by atoms with van der Waals surface area (Å²) in [4.78, 5) is 2.49. The molecule has 1 aliphatic heterocycles. The number of thiocarbonyl (C=S) groups is 1. The topological polar surface area (TPSA) is 27.3 Å². The summed E-state index contributed by atoms with van der Waals surface area (Å²) in [5.74, 6) is 0.640. The SMILES string of the molecule is CCN1CCC(NC(=S)NCC(C)C)CC1. The molecule has 1 rings (SSSR count). The first kappa shape index (κ1) is 13.7. The Hall–Kier alpha value is -0.350. The first-order valence-electron chi connectivity index (χ1n) is 6.38. The summed E-state index contributed by atoms with van der Waals surface area (Å²) in [6, 6.07) is 0.565. The van der Waals surface area contributed by atoms with Crippen LogP contribution in [0.2, 0.25) is 0 Å². The van der Waals surface area contributed by atoms with Crippen LogP contribution in [0, 0.1) is 5.92 Å². The van der Waals surface area contributed by atoms with Gasteiger partial charge in [-0.15, -0.1) is 0 Å². The van der Waals surface area contributed by atoms with Crippen LogP contribution in [-0.4, -0.2) is 42.2 Å². The molecule has 1 heterocycles. The van der Waals surface area contributed by atoms with Gasteiger partial charge in [0, 0.05) is 25.7 Å². The van der Waals surface area contributed by atoms with Gasteiger partial charge >= 0.3 is 0 Å². The predicted octanol–water partition coefficient (Wildman–Crippen LogP) is 1.59. The number of nitrogens with one attached hydrogen (secondary N) is 2. The highest BCUT2D eigenvalue weighted by molar-refractivity contribution is 7.80. The Labute approximate surface area is 105 Å². The molecule has 1 saturated heterocycles. The van der Waals surface area contributed by atoms with Gasteiger partial charge in [-0.1, -0.05) is 20.8 Å². The third-order valence-corrected chi connectivity index (χ3v) is 3.30. The van der Waals surface area contributed by atoms with Gasteiger partial charge < -0.3 is 15.5 Å². The van der Waals surface area contributed by atoms with Gasteiger partial charge in [-0.2, -0.15) is 0 Å². The lowest BCUT2D eigenvalue weighted by atomic mass is 10.1. The van der Waals surface area contributed by atoms with E-state index >= 15 is 0 Å². The monoisotopic (exact) mass is 243 g/mol. The zero-order chi connectivity index (χ0) is 12.0. The van der Waals surface area contributed by atoms with Crippen molar-refractivity contribution in [1.29, 1.82) is 0 Å². The summed E-state index contributed by atoms with van der Waals surface area (Å²) in [6.45, 7) is 11.1. The third-order valence-electron chi connectivity index (χ3n) is 3.04. The highest BCUT2D eigenvalue weighted by Crippen LogP contribution is 2.09. The first-order chi connectivity index (χ1) is 7.61. The predicted molar refractivity (Wildman–Crippen MR) is 73.7 cm³/mol. The van der Waals surface area contributed by atoms with Crippen molar-refractivity contribution < 1.29 is 0 Å². The summed E-state index contributed by atoms with van der Waals surface area (Å²) < 4.78 is 0. The summed E-state index contributed by atoms with van der Waals surface area (Å²) in [7, 11) is 0. The molecule has 0 amide bonds. The second-order valence-corrected chi connectivity index (χ2v) is 5.36. The van der Waals surface area contributed by atoms with E-state index in [2.05, 4.69) is 36.3 Å². The van der Waals surface area contributed by atoms with Crippen molar-refractivity contribution in [2.75, 3.05) is 26.2 Å². The Bertz CT molecular complexity index is 210. The van der Waals surface area contributed by atoms with Gasteiger partial charge in [0.2, 0.25) is 0 Å². The van der Waals surface area contributed by atoms with Gasteiger partial charge in [0.15, 0.2) is 5.11 Å². The molecule has 1 aliphatic rings. The average Bonchev–Trinajstić information content (AvgIpc) is 2.27. The lowest BCUT2D eigenvalue weighted by Gasteiger charge is -2.32. The first-order valence-corrected chi connectivity index (χ1v) is 6.79. The molecule has 3 nitrogen and oxygen atoms in total. The molecule has 94 valence electrons. The molecule has 0 bridgehead atoms. The maximum Gasteiger partial charge on any atom is 0.166 e. The zero-order valence-electron chi connectivity index (χ0n) is 10.8. The molecule has 4 heteroatoms. The Morgan fingerprint density at radius 2 is 2.00 bits per heavy atom. The van der Waals surface area contributed by atoms with E-state index < -0.39 is 0 Å². The van der Waals surface area contributed by atoms with Crippen molar-refractivity contribution in [2.24, 2.45) is 5.92 Å². The van der Waals surface area contributed by atoms with E-state index in [0.29, 0.717) is 12.0 Å². The molecule has 0 aliphatic carbocycles. The van der Waals surface area contributed by atoms with Gasteiger partial charge in [-0.3, -0.25) is 0 Å². The van der Waals surface area contributed by atoms with Crippen LogP contribution >= 0.6 is 12.2 Å². The quantitative estimate of drug-likeness (QED) is 0.733. The van der Waals surface area contributed by atoms with Crippen LogP contribution in [0.5, 0.6) is 0 Å². The zero-order valence-corrected chi connectivity index (χ0v) is 11.6. The van der Waals surface area contributed by atoms with Crippen molar-refractivity contribution in [3.63, 3.8) is 0 Å². The van der Waals surface area contributed by atoms with Crippen LogP contribution in [0.15, 0.2) is 0 Å². The van der Waals surface area contributed by atoms with Crippen molar-refractivity contribution in [3.05, 3.63) is 0 Å². The molecular weight excluding hydrogens is 218 g/mol. The van der Waals surface area contributed by atoms with E-state index in [-0.39, 0.29) is 0 Å². The van der Waals surface area contributed by atoms with Gasteiger partial charge in [0.1, 0.15) is 0 Å². The van der Waals surface area contributed by atoms with E-state index in [9.17, 15) is 0 Å². The number of rotatable bonds is 4. The van der Waals surface area contributed by atoms with Crippen molar-refractivity contribution in [2.45, 2.75) is 39.7 Å². The Kier molecular flexibility index (Phi) is 6.06. The smallest absolute Gasteiger partial charge is 0.166 e. The summed E-state index contributed by atoms with van der Waals surface area (Å²) in [6.07, 6.45) is 2.41. The van der Waals surface area contributed by atoms with E-state index in [0.717, 1.165) is 11.7 Å². The minimum Gasteiger partial charge on any atom is -0.362 e. The van der Waals surface area contributed by atoms with Crippen molar-refractivity contribution in [3.8, 4) is 0 Å². The van der Waals surface area contributed by atoms with Crippen LogP contribution in [0.1, 0.15) is 33.6 Å². The van der Waals surface area contributed by atoms with Crippen LogP contribution in [0.25, 0.3) is 0 Å². The minimum absolute atomic E-state index is 0.565. The highest BCUT2D eigenvalue weighted by Gasteiger charge is 2.18. The molecule has 2 N–H and O–H groups in total.